The SMILES string of the molecule is COC(=O)c1coc(CN2C(=O)N(c3cccc(C(F)(F)F)c3)C(C)=C(C(=O)C(C)C)C2c2ccc(C#N)cc2)n1. The van der Waals surface area contributed by atoms with Crippen LogP contribution in [-0.2, 0) is 22.3 Å². The summed E-state index contributed by atoms with van der Waals surface area (Å²) in [5.74, 6) is -1.72. The lowest BCUT2D eigenvalue weighted by Gasteiger charge is -2.43. The Bertz CT molecular complexity index is 1570. The van der Waals surface area contributed by atoms with Gasteiger partial charge >= 0.3 is 18.2 Å². The quantitative estimate of drug-likeness (QED) is 0.320. The Hall–Kier alpha value is -4.92. The second kappa shape index (κ2) is 11.3. The van der Waals surface area contributed by atoms with Gasteiger partial charge in [0.1, 0.15) is 6.26 Å². The molecule has 1 aliphatic rings. The van der Waals surface area contributed by atoms with Crippen LogP contribution in [0, 0.1) is 17.2 Å². The van der Waals surface area contributed by atoms with Crippen molar-refractivity contribution < 1.29 is 36.7 Å². The molecule has 2 amide bonds. The van der Waals surface area contributed by atoms with Gasteiger partial charge in [-0.05, 0) is 42.8 Å². The fraction of sp³-hybridized carbons (Fsp3) is 0.276. The van der Waals surface area contributed by atoms with Gasteiger partial charge in [0.2, 0.25) is 5.89 Å². The number of aromatic nitrogens is 1. The normalized spacial score (nSPS) is 15.8. The second-order valence-corrected chi connectivity index (χ2v) is 9.57. The van der Waals surface area contributed by atoms with Crippen molar-refractivity contribution >= 4 is 23.5 Å². The molecule has 2 aromatic carbocycles. The lowest BCUT2D eigenvalue weighted by Crippen LogP contribution is -2.50. The monoisotopic (exact) mass is 566 g/mol. The summed E-state index contributed by atoms with van der Waals surface area (Å²) in [4.78, 5) is 46.2. The topological polar surface area (TPSA) is 117 Å². The first kappa shape index (κ1) is 29.1. The molecule has 4 rings (SSSR count). The van der Waals surface area contributed by atoms with Crippen LogP contribution in [0.4, 0.5) is 23.7 Å². The number of methoxy groups -OCH3 is 1. The van der Waals surface area contributed by atoms with Gasteiger partial charge in [-0.15, -0.1) is 0 Å². The maximum Gasteiger partial charge on any atom is 0.416 e. The number of hydrogen-bond acceptors (Lipinski definition) is 7. The third kappa shape index (κ3) is 5.70. The third-order valence-corrected chi connectivity index (χ3v) is 6.58. The summed E-state index contributed by atoms with van der Waals surface area (Å²) in [6.07, 6.45) is -3.62. The van der Waals surface area contributed by atoms with Gasteiger partial charge in [0, 0.05) is 17.2 Å². The van der Waals surface area contributed by atoms with Gasteiger partial charge in [-0.25, -0.2) is 14.6 Å². The molecule has 1 aliphatic heterocycles. The van der Waals surface area contributed by atoms with E-state index in [1.807, 2.05) is 6.07 Å². The first-order valence-electron chi connectivity index (χ1n) is 12.4. The zero-order valence-corrected chi connectivity index (χ0v) is 22.5. The van der Waals surface area contributed by atoms with Crippen LogP contribution >= 0.6 is 0 Å². The zero-order valence-electron chi connectivity index (χ0n) is 22.5. The molecule has 2 heterocycles. The van der Waals surface area contributed by atoms with E-state index in [0.717, 1.165) is 30.4 Å². The summed E-state index contributed by atoms with van der Waals surface area (Å²) in [6, 6.07) is 10.7. The third-order valence-electron chi connectivity index (χ3n) is 6.58. The number of nitriles is 1. The maximum absolute atomic E-state index is 14.2. The summed E-state index contributed by atoms with van der Waals surface area (Å²) in [7, 11) is 1.16. The van der Waals surface area contributed by atoms with Crippen molar-refractivity contribution in [3.63, 3.8) is 0 Å². The Kier molecular flexibility index (Phi) is 8.00. The number of halogens is 3. The van der Waals surface area contributed by atoms with E-state index in [1.54, 1.807) is 26.0 Å². The number of rotatable bonds is 7. The molecule has 0 saturated heterocycles. The fourth-order valence-corrected chi connectivity index (χ4v) is 4.58. The van der Waals surface area contributed by atoms with E-state index in [0.29, 0.717) is 11.1 Å². The molecule has 0 bridgehead atoms. The zero-order chi connectivity index (χ0) is 30.1. The molecule has 1 aromatic heterocycles. The van der Waals surface area contributed by atoms with Gasteiger partial charge in [0.15, 0.2) is 11.5 Å². The number of carbonyl (C=O) groups is 3. The number of anilines is 1. The Labute approximate surface area is 233 Å². The van der Waals surface area contributed by atoms with Crippen LogP contribution in [-0.4, -0.2) is 34.8 Å². The highest BCUT2D eigenvalue weighted by Gasteiger charge is 2.44. The van der Waals surface area contributed by atoms with Crippen LogP contribution in [0.2, 0.25) is 0 Å². The molecular weight excluding hydrogens is 541 g/mol. The number of urea groups is 1. The highest BCUT2D eigenvalue weighted by Crippen LogP contribution is 2.42. The first-order chi connectivity index (χ1) is 19.4. The smallest absolute Gasteiger partial charge is 0.416 e. The number of carbonyl (C=O) groups excluding carboxylic acids is 3. The molecule has 1 atom stereocenters. The van der Waals surface area contributed by atoms with Gasteiger partial charge < -0.3 is 14.1 Å². The first-order valence-corrected chi connectivity index (χ1v) is 12.4. The molecule has 0 aliphatic carbocycles. The highest BCUT2D eigenvalue weighted by atomic mass is 19.4. The van der Waals surface area contributed by atoms with Crippen LogP contribution in [0.15, 0.2) is 70.5 Å². The predicted molar refractivity (Wildman–Crippen MR) is 139 cm³/mol. The van der Waals surface area contributed by atoms with Crippen molar-refractivity contribution in [3.8, 4) is 6.07 Å². The van der Waals surface area contributed by atoms with E-state index in [4.69, 9.17) is 4.42 Å². The number of Topliss-reactive ketones (excluding diaryl/α,β-unsaturated/α-hetero) is 1. The van der Waals surface area contributed by atoms with E-state index in [9.17, 15) is 32.8 Å². The standard InChI is InChI=1S/C29H25F3N4O5/c1-16(2)26(37)24-17(3)36(21-7-5-6-20(12-21)29(30,31)32)28(39)35(14-23-34-22(15-41-23)27(38)40-4)25(24)19-10-8-18(13-33)9-11-19/h5-12,15-16,25H,14H2,1-4H3. The van der Waals surface area contributed by atoms with Crippen molar-refractivity contribution in [3.05, 3.63) is 94.3 Å². The minimum absolute atomic E-state index is 0.0720. The van der Waals surface area contributed by atoms with Crippen LogP contribution in [0.25, 0.3) is 0 Å². The number of amides is 2. The number of allylic oxidation sites excluding steroid dienone is 1. The number of nitrogens with zero attached hydrogens (tertiary/aromatic N) is 4. The second-order valence-electron chi connectivity index (χ2n) is 9.57. The molecule has 1 unspecified atom stereocenters. The Morgan fingerprint density at radius 2 is 1.85 bits per heavy atom. The van der Waals surface area contributed by atoms with Gasteiger partial charge in [-0.3, -0.25) is 9.69 Å². The van der Waals surface area contributed by atoms with E-state index in [-0.39, 0.29) is 40.9 Å². The van der Waals surface area contributed by atoms with Crippen LogP contribution in [0.1, 0.15) is 59.9 Å². The van der Waals surface area contributed by atoms with Gasteiger partial charge in [-0.1, -0.05) is 32.0 Å². The van der Waals surface area contributed by atoms with E-state index < -0.39 is 35.7 Å². The fourth-order valence-electron chi connectivity index (χ4n) is 4.58. The molecule has 41 heavy (non-hydrogen) atoms. The molecule has 212 valence electrons. The highest BCUT2D eigenvalue weighted by molar-refractivity contribution is 6.06. The molecule has 12 heteroatoms. The van der Waals surface area contributed by atoms with E-state index >= 15 is 0 Å². The molecule has 0 saturated carbocycles. The molecule has 0 N–H and O–H groups in total. The summed E-state index contributed by atoms with van der Waals surface area (Å²) in [6.45, 7) is 4.50. The number of oxazole rings is 1. The average molecular weight is 567 g/mol. The summed E-state index contributed by atoms with van der Waals surface area (Å²) >= 11 is 0. The molecule has 3 aromatic rings. The number of alkyl halides is 3. The minimum Gasteiger partial charge on any atom is -0.464 e. The lowest BCUT2D eigenvalue weighted by molar-refractivity contribution is -0.137. The molecule has 0 fully saturated rings. The van der Waals surface area contributed by atoms with Crippen molar-refractivity contribution in [2.24, 2.45) is 5.92 Å². The number of esters is 1. The largest absolute Gasteiger partial charge is 0.464 e. The van der Waals surface area contributed by atoms with Crippen molar-refractivity contribution in [1.82, 2.24) is 9.88 Å². The predicted octanol–water partition coefficient (Wildman–Crippen LogP) is 6.03. The molecule has 0 spiro atoms. The number of ether oxygens (including phenoxy) is 1. The van der Waals surface area contributed by atoms with Gasteiger partial charge in [0.05, 0.1) is 42.6 Å². The molecular formula is C29H25F3N4O5. The van der Waals surface area contributed by atoms with E-state index in [1.165, 1.54) is 36.1 Å². The van der Waals surface area contributed by atoms with Crippen molar-refractivity contribution in [2.45, 2.75) is 39.5 Å². The van der Waals surface area contributed by atoms with Crippen molar-refractivity contribution in [2.75, 3.05) is 12.0 Å². The average Bonchev–Trinajstić information content (AvgIpc) is 3.42. The Morgan fingerprint density at radius 1 is 1.17 bits per heavy atom. The summed E-state index contributed by atoms with van der Waals surface area (Å²) in [5, 5.41) is 9.27. The number of benzene rings is 2. The van der Waals surface area contributed by atoms with Gasteiger partial charge in [0.25, 0.3) is 0 Å². The van der Waals surface area contributed by atoms with Gasteiger partial charge in [-0.2, -0.15) is 18.4 Å². The van der Waals surface area contributed by atoms with E-state index in [2.05, 4.69) is 9.72 Å². The van der Waals surface area contributed by atoms with Crippen LogP contribution in [0.3, 0.4) is 0 Å². The van der Waals surface area contributed by atoms with Crippen molar-refractivity contribution in [1.29, 1.82) is 5.26 Å². The van der Waals surface area contributed by atoms with Crippen LogP contribution < -0.4 is 4.90 Å². The minimum atomic E-state index is -4.67. The summed E-state index contributed by atoms with van der Waals surface area (Å²) < 4.78 is 50.8. The lowest BCUT2D eigenvalue weighted by atomic mass is 9.86. The summed E-state index contributed by atoms with van der Waals surface area (Å²) in [5.41, 5.74) is -0.0690. The van der Waals surface area contributed by atoms with Crippen LogP contribution in [0.5, 0.6) is 0 Å². The maximum atomic E-state index is 14.2. The number of ketones is 1. The Morgan fingerprint density at radius 3 is 2.44 bits per heavy atom. The molecule has 9 nitrogen and oxygen atoms in total. The Balaban J connectivity index is 1.95. The number of hydrogen-bond donors (Lipinski definition) is 0. The molecule has 0 radical (unpaired) electrons.